The van der Waals surface area contributed by atoms with Crippen molar-refractivity contribution in [2.75, 3.05) is 17.2 Å². The standard InChI is InChI=1S/C29H26Cl2N4O2S/c1-29(2,22-16-20(18-32)27(26(31)17-22)36-15-13-30)21-8-10-24(11-9-21)37-19-23-12-14-33-28(34-23)35-38-25-6-4-3-5-7-25/h3-12,14,16-17H,13,15,19H2,1-2H3,(H,33,34,35). The van der Waals surface area contributed by atoms with Gasteiger partial charge in [0.1, 0.15) is 25.0 Å². The van der Waals surface area contributed by atoms with E-state index >= 15 is 0 Å². The lowest BCUT2D eigenvalue weighted by Crippen LogP contribution is -2.19. The predicted molar refractivity (Wildman–Crippen MR) is 153 cm³/mol. The van der Waals surface area contributed by atoms with E-state index < -0.39 is 5.41 Å². The summed E-state index contributed by atoms with van der Waals surface area (Å²) in [6, 6.07) is 25.5. The second-order valence-corrected chi connectivity index (χ2v) is 10.5. The van der Waals surface area contributed by atoms with Gasteiger partial charge in [-0.2, -0.15) is 5.26 Å². The average Bonchev–Trinajstić information content (AvgIpc) is 2.95. The summed E-state index contributed by atoms with van der Waals surface area (Å²) in [5, 5.41) is 10.0. The lowest BCUT2D eigenvalue weighted by molar-refractivity contribution is 0.301. The molecule has 0 aliphatic heterocycles. The summed E-state index contributed by atoms with van der Waals surface area (Å²) < 4.78 is 14.7. The maximum Gasteiger partial charge on any atom is 0.233 e. The van der Waals surface area contributed by atoms with Crippen LogP contribution in [-0.4, -0.2) is 22.5 Å². The van der Waals surface area contributed by atoms with Crippen molar-refractivity contribution in [3.63, 3.8) is 0 Å². The van der Waals surface area contributed by atoms with Crippen molar-refractivity contribution in [1.29, 1.82) is 5.26 Å². The van der Waals surface area contributed by atoms with E-state index in [0.29, 0.717) is 34.8 Å². The smallest absolute Gasteiger partial charge is 0.233 e. The van der Waals surface area contributed by atoms with Gasteiger partial charge in [-0.15, -0.1) is 11.6 Å². The van der Waals surface area contributed by atoms with Gasteiger partial charge in [0.05, 0.1) is 22.2 Å². The minimum Gasteiger partial charge on any atom is -0.489 e. The molecule has 6 nitrogen and oxygen atoms in total. The van der Waals surface area contributed by atoms with Gasteiger partial charge in [-0.3, -0.25) is 4.72 Å². The molecule has 1 aromatic heterocycles. The quantitative estimate of drug-likeness (QED) is 0.148. The van der Waals surface area contributed by atoms with Gasteiger partial charge in [-0.1, -0.05) is 55.8 Å². The molecule has 194 valence electrons. The number of alkyl halides is 1. The van der Waals surface area contributed by atoms with E-state index in [2.05, 4.69) is 34.6 Å². The molecule has 0 saturated carbocycles. The molecule has 0 bridgehead atoms. The number of benzene rings is 3. The zero-order chi connectivity index (χ0) is 27.0. The minimum absolute atomic E-state index is 0.277. The fourth-order valence-electron chi connectivity index (χ4n) is 3.74. The van der Waals surface area contributed by atoms with Gasteiger partial charge in [0.2, 0.25) is 5.95 Å². The molecule has 0 fully saturated rings. The van der Waals surface area contributed by atoms with Crippen LogP contribution in [0.3, 0.4) is 0 Å². The number of halogens is 2. The van der Waals surface area contributed by atoms with Gasteiger partial charge in [0.15, 0.2) is 5.75 Å². The summed E-state index contributed by atoms with van der Waals surface area (Å²) >= 11 is 13.6. The van der Waals surface area contributed by atoms with Crippen LogP contribution in [0.25, 0.3) is 0 Å². The first kappa shape index (κ1) is 27.6. The third-order valence-corrected chi connectivity index (χ3v) is 7.12. The Morgan fingerprint density at radius 2 is 1.76 bits per heavy atom. The van der Waals surface area contributed by atoms with E-state index in [-0.39, 0.29) is 6.61 Å². The maximum atomic E-state index is 9.64. The van der Waals surface area contributed by atoms with Crippen molar-refractivity contribution in [3.05, 3.63) is 106 Å². The summed E-state index contributed by atoms with van der Waals surface area (Å²) in [6.07, 6.45) is 1.71. The van der Waals surface area contributed by atoms with Crippen LogP contribution in [0.2, 0.25) is 5.02 Å². The zero-order valence-corrected chi connectivity index (χ0v) is 23.3. The fourth-order valence-corrected chi connectivity index (χ4v) is 4.69. The Balaban J connectivity index is 1.41. The zero-order valence-electron chi connectivity index (χ0n) is 20.9. The van der Waals surface area contributed by atoms with E-state index in [9.17, 15) is 5.26 Å². The fraction of sp³-hybridized carbons (Fsp3) is 0.207. The Hall–Kier alpha value is -3.44. The van der Waals surface area contributed by atoms with Crippen LogP contribution in [0.4, 0.5) is 5.95 Å². The Bertz CT molecular complexity index is 1410. The van der Waals surface area contributed by atoms with Crippen molar-refractivity contribution in [2.24, 2.45) is 0 Å². The largest absolute Gasteiger partial charge is 0.489 e. The number of rotatable bonds is 11. The van der Waals surface area contributed by atoms with E-state index in [0.717, 1.165) is 27.5 Å². The second kappa shape index (κ2) is 12.9. The number of nitrogens with zero attached hydrogens (tertiary/aromatic N) is 3. The molecular weight excluding hydrogens is 539 g/mol. The molecular formula is C29H26Cl2N4O2S. The molecule has 0 radical (unpaired) electrons. The Labute approximate surface area is 237 Å². The molecule has 38 heavy (non-hydrogen) atoms. The van der Waals surface area contributed by atoms with E-state index in [4.69, 9.17) is 32.7 Å². The lowest BCUT2D eigenvalue weighted by atomic mass is 9.77. The lowest BCUT2D eigenvalue weighted by Gasteiger charge is -2.27. The highest BCUT2D eigenvalue weighted by Gasteiger charge is 2.26. The first-order valence-electron chi connectivity index (χ1n) is 11.9. The van der Waals surface area contributed by atoms with Crippen LogP contribution in [0, 0.1) is 11.3 Å². The van der Waals surface area contributed by atoms with Gasteiger partial charge in [-0.25, -0.2) is 9.97 Å². The second-order valence-electron chi connectivity index (χ2n) is 8.81. The number of nitriles is 1. The van der Waals surface area contributed by atoms with Crippen molar-refractivity contribution < 1.29 is 9.47 Å². The van der Waals surface area contributed by atoms with E-state index in [1.54, 1.807) is 6.20 Å². The van der Waals surface area contributed by atoms with E-state index in [1.165, 1.54) is 11.9 Å². The molecule has 0 aliphatic carbocycles. The topological polar surface area (TPSA) is 80.1 Å². The number of nitrogens with one attached hydrogen (secondary N) is 1. The van der Waals surface area contributed by atoms with Crippen molar-refractivity contribution in [2.45, 2.75) is 30.8 Å². The van der Waals surface area contributed by atoms with Gasteiger partial charge < -0.3 is 9.47 Å². The molecule has 0 atom stereocenters. The van der Waals surface area contributed by atoms with Crippen LogP contribution >= 0.6 is 35.1 Å². The van der Waals surface area contributed by atoms with Crippen molar-refractivity contribution in [1.82, 2.24) is 9.97 Å². The third kappa shape index (κ3) is 6.90. The number of hydrogen-bond acceptors (Lipinski definition) is 7. The van der Waals surface area contributed by atoms with Gasteiger partial charge in [-0.05, 0) is 65.5 Å². The molecule has 1 heterocycles. The molecule has 0 amide bonds. The first-order chi connectivity index (χ1) is 18.4. The highest BCUT2D eigenvalue weighted by molar-refractivity contribution is 8.00. The van der Waals surface area contributed by atoms with Crippen molar-refractivity contribution in [3.8, 4) is 17.6 Å². The number of anilines is 1. The molecule has 0 unspecified atom stereocenters. The Morgan fingerprint density at radius 1 is 1.00 bits per heavy atom. The molecule has 0 aliphatic rings. The van der Waals surface area contributed by atoms with Crippen molar-refractivity contribution >= 4 is 41.1 Å². The summed E-state index contributed by atoms with van der Waals surface area (Å²) in [6.45, 7) is 4.75. The van der Waals surface area contributed by atoms with Crippen LogP contribution in [0.15, 0.2) is 83.9 Å². The number of ether oxygens (including phenoxy) is 2. The maximum absolute atomic E-state index is 9.64. The SMILES string of the molecule is CC(C)(c1ccc(OCc2ccnc(NSc3ccccc3)n2)cc1)c1cc(Cl)c(OCCCl)c(C#N)c1. The summed E-state index contributed by atoms with van der Waals surface area (Å²) in [5.41, 5.74) is 2.68. The Morgan fingerprint density at radius 3 is 2.47 bits per heavy atom. The number of aromatic nitrogens is 2. The number of hydrogen-bond donors (Lipinski definition) is 1. The minimum atomic E-state index is -0.414. The third-order valence-electron chi connectivity index (χ3n) is 5.89. The van der Waals surface area contributed by atoms with Crippen LogP contribution in [-0.2, 0) is 12.0 Å². The highest BCUT2D eigenvalue weighted by atomic mass is 35.5. The van der Waals surface area contributed by atoms with Crippen LogP contribution < -0.4 is 14.2 Å². The molecule has 4 rings (SSSR count). The summed E-state index contributed by atoms with van der Waals surface area (Å²) in [7, 11) is 0. The Kier molecular flexibility index (Phi) is 9.35. The monoisotopic (exact) mass is 564 g/mol. The first-order valence-corrected chi connectivity index (χ1v) is 13.6. The molecule has 3 aromatic carbocycles. The molecule has 4 aromatic rings. The van der Waals surface area contributed by atoms with Crippen LogP contribution in [0.1, 0.15) is 36.2 Å². The van der Waals surface area contributed by atoms with Gasteiger partial charge in [0, 0.05) is 16.5 Å². The highest BCUT2D eigenvalue weighted by Crippen LogP contribution is 2.38. The molecule has 9 heteroatoms. The van der Waals surface area contributed by atoms with Crippen LogP contribution in [0.5, 0.6) is 11.5 Å². The predicted octanol–water partition coefficient (Wildman–Crippen LogP) is 7.64. The normalized spacial score (nSPS) is 11.0. The summed E-state index contributed by atoms with van der Waals surface area (Å²) in [5.74, 6) is 1.91. The molecule has 1 N–H and O–H groups in total. The molecule has 0 spiro atoms. The van der Waals surface area contributed by atoms with E-state index in [1.807, 2.05) is 72.8 Å². The van der Waals surface area contributed by atoms with Gasteiger partial charge >= 0.3 is 0 Å². The average molecular weight is 566 g/mol. The summed E-state index contributed by atoms with van der Waals surface area (Å²) in [4.78, 5) is 9.87. The van der Waals surface area contributed by atoms with Gasteiger partial charge in [0.25, 0.3) is 0 Å². The molecule has 0 saturated heterocycles.